The van der Waals surface area contributed by atoms with Crippen LogP contribution in [0, 0.1) is 0 Å². The van der Waals surface area contributed by atoms with Gasteiger partial charge in [0.2, 0.25) is 76.8 Å². The summed E-state index contributed by atoms with van der Waals surface area (Å²) in [5.41, 5.74) is 13.4. The number of H-pyrrole nitrogens is 1. The number of benzene rings is 4. The molecule has 6 rings (SSSR count). The Kier molecular flexibility index (Phi) is 27.6. The van der Waals surface area contributed by atoms with Gasteiger partial charge in [-0.05, 0) is 60.2 Å². The van der Waals surface area contributed by atoms with Gasteiger partial charge in [-0.25, -0.2) is 0 Å². The topological polar surface area (TPSA) is 537 Å². The quantitative estimate of drug-likeness (QED) is 0.0179. The highest BCUT2D eigenvalue weighted by molar-refractivity contribution is 6.00. The van der Waals surface area contributed by atoms with E-state index in [1.165, 1.54) is 24.3 Å². The van der Waals surface area contributed by atoms with Gasteiger partial charge in [-0.1, -0.05) is 91.0 Å². The van der Waals surface area contributed by atoms with Crippen molar-refractivity contribution >= 4 is 99.6 Å². The summed E-state index contributed by atoms with van der Waals surface area (Å²) >= 11 is 0. The van der Waals surface area contributed by atoms with E-state index in [0.29, 0.717) is 33.2 Å². The Morgan fingerprint density at radius 1 is 0.515 bits per heavy atom. The zero-order valence-corrected chi connectivity index (χ0v) is 52.3. The van der Waals surface area contributed by atoms with Crippen LogP contribution in [0.1, 0.15) is 67.7 Å². The lowest BCUT2D eigenvalue weighted by Gasteiger charge is -2.26. The highest BCUT2D eigenvalue weighted by atomic mass is 16.4. The number of phenols is 1. The maximum atomic E-state index is 14.6. The third kappa shape index (κ3) is 23.9. The number of carbonyl (C=O) groups is 15. The molecule has 10 atom stereocenters. The summed E-state index contributed by atoms with van der Waals surface area (Å²) < 4.78 is 0. The number of hydrogen-bond donors (Lipinski definition) is 18. The molecule has 1 aromatic heterocycles. The molecule has 1 saturated heterocycles. The summed E-state index contributed by atoms with van der Waals surface area (Å²) in [6, 6.07) is 14.5. The average Bonchev–Trinajstić information content (AvgIpc) is 1.77. The molecule has 5 aromatic rings. The van der Waals surface area contributed by atoms with Crippen molar-refractivity contribution in [1.29, 1.82) is 0 Å². The molecule has 2 heterocycles. The van der Waals surface area contributed by atoms with Crippen LogP contribution in [0.15, 0.2) is 115 Å². The zero-order chi connectivity index (χ0) is 70.9. The van der Waals surface area contributed by atoms with E-state index in [2.05, 4.69) is 63.5 Å². The summed E-state index contributed by atoms with van der Waals surface area (Å²) in [5, 5.41) is 66.9. The van der Waals surface area contributed by atoms with E-state index < -0.39 is 194 Å². The molecule has 33 heteroatoms. The van der Waals surface area contributed by atoms with E-state index >= 15 is 0 Å². The van der Waals surface area contributed by atoms with Crippen LogP contribution < -0.4 is 70.0 Å². The summed E-state index contributed by atoms with van der Waals surface area (Å²) in [5.74, 6) is -16.3. The number of fused-ring (bicyclic) bond motifs is 1. The van der Waals surface area contributed by atoms with Gasteiger partial charge in [0.15, 0.2) is 0 Å². The molecule has 1 aliphatic heterocycles. The molecule has 0 bridgehead atoms. The molecule has 0 spiro atoms. The van der Waals surface area contributed by atoms with Crippen molar-refractivity contribution in [3.8, 4) is 5.75 Å². The number of nitrogens with one attached hydrogen (secondary N) is 12. The van der Waals surface area contributed by atoms with Crippen molar-refractivity contribution in [2.75, 3.05) is 13.1 Å². The summed E-state index contributed by atoms with van der Waals surface area (Å²) in [4.78, 5) is 201. The fourth-order valence-electron chi connectivity index (χ4n) is 10.1. The van der Waals surface area contributed by atoms with Gasteiger partial charge < -0.3 is 95.4 Å². The van der Waals surface area contributed by atoms with Crippen LogP contribution in [0.2, 0.25) is 0 Å². The normalized spacial score (nSPS) is 15.2. The van der Waals surface area contributed by atoms with Gasteiger partial charge >= 0.3 is 11.9 Å². The lowest BCUT2D eigenvalue weighted by Crippen LogP contribution is -2.60. The van der Waals surface area contributed by atoms with Crippen LogP contribution in [0.4, 0.5) is 0 Å². The predicted octanol–water partition coefficient (Wildman–Crippen LogP) is -4.39. The van der Waals surface area contributed by atoms with Crippen molar-refractivity contribution in [2.45, 2.75) is 132 Å². The van der Waals surface area contributed by atoms with E-state index in [1.807, 2.05) is 0 Å². The number of aliphatic hydroxyl groups excluding tert-OH is 1. The average molecular weight is 1350 g/mol. The lowest BCUT2D eigenvalue weighted by molar-refractivity contribution is -0.142. The second-order valence-electron chi connectivity index (χ2n) is 22.8. The first kappa shape index (κ1) is 74.3. The summed E-state index contributed by atoms with van der Waals surface area (Å²) in [6.07, 6.45) is -3.94. The van der Waals surface area contributed by atoms with Gasteiger partial charge in [0, 0.05) is 55.6 Å². The third-order valence-corrected chi connectivity index (χ3v) is 15.2. The van der Waals surface area contributed by atoms with Gasteiger partial charge in [-0.15, -0.1) is 0 Å². The first-order chi connectivity index (χ1) is 46.1. The number of rotatable bonds is 37. The van der Waals surface area contributed by atoms with Crippen LogP contribution in [0.5, 0.6) is 5.75 Å². The molecule has 0 unspecified atom stereocenters. The first-order valence-electron chi connectivity index (χ1n) is 30.5. The first-order valence-corrected chi connectivity index (χ1v) is 30.5. The standard InChI is InChI=1S/C64H76N14O19/c1-33(79)55(78-52(84)32-68-57(90)44(26-36-16-18-38(80)19-17-36)74-63(96)48(29-54(87)88)76-59(92)42(20-22-49(65)81)72-58(91)41-21-23-50(82)70-41)64(97)69-31-51(83)71-46(27-37-30-67-40-15-9-8-14-39(37)40)61(94)75-45(25-35-12-6-3-7-13-35)60(93)77-47(28-53(85)86)62(95)73-43(56(66)89)24-34-10-4-2-5-11-34/h2-19,30,33,41-48,55,67,79-80H,20-29,31-32H2,1H3,(H2,65,81)(H2,66,89)(H,68,90)(H,69,97)(H,70,82)(H,71,83)(H,72,91)(H,73,95)(H,74,96)(H,75,94)(H,76,92)(H,77,93)(H,78,84)(H,85,86)(H,87,88)/t33-,41+,42+,43+,44+,45+,46+,47+,48+,55+/m1/s1. The van der Waals surface area contributed by atoms with Crippen molar-refractivity contribution in [3.63, 3.8) is 0 Å². The van der Waals surface area contributed by atoms with Crippen LogP contribution in [-0.4, -0.2) is 188 Å². The number of nitrogens with two attached hydrogens (primary N) is 2. The second kappa shape index (κ2) is 36.0. The molecule has 0 radical (unpaired) electrons. The molecular weight excluding hydrogens is 1270 g/mol. The smallest absolute Gasteiger partial charge is 0.305 e. The van der Waals surface area contributed by atoms with Crippen LogP contribution in [-0.2, 0) is 97.6 Å². The number of hydrogen-bond acceptors (Lipinski definition) is 17. The van der Waals surface area contributed by atoms with Gasteiger partial charge in [-0.2, -0.15) is 0 Å². The minimum absolute atomic E-state index is 0.00764. The molecule has 0 aliphatic carbocycles. The molecule has 33 nitrogen and oxygen atoms in total. The largest absolute Gasteiger partial charge is 0.508 e. The van der Waals surface area contributed by atoms with E-state index in [4.69, 9.17) is 11.5 Å². The molecule has 97 heavy (non-hydrogen) atoms. The van der Waals surface area contributed by atoms with E-state index in [-0.39, 0.29) is 37.9 Å². The Morgan fingerprint density at radius 2 is 0.969 bits per heavy atom. The number of aliphatic carboxylic acids is 2. The Balaban J connectivity index is 1.13. The SMILES string of the molecule is C[C@@H](O)[C@H](NC(=O)CNC(=O)[C@H](Cc1ccc(O)cc1)NC(=O)[C@H](CC(=O)O)NC(=O)[C@H](CCC(N)=O)NC(=O)[C@@H]1CCC(=O)N1)C(=O)NCC(=O)N[C@@H](Cc1c[nH]c2ccccc12)C(=O)N[C@@H](Cc1ccccc1)C(=O)N[C@@H](CC(=O)O)C(=O)N[C@@H](Cc1ccccc1)C(N)=O. The van der Waals surface area contributed by atoms with Gasteiger partial charge in [0.05, 0.1) is 32.0 Å². The van der Waals surface area contributed by atoms with Crippen molar-refractivity contribution in [3.05, 3.63) is 138 Å². The fourth-order valence-corrected chi connectivity index (χ4v) is 10.1. The van der Waals surface area contributed by atoms with Crippen molar-refractivity contribution in [2.24, 2.45) is 11.5 Å². The number of phenolic OH excluding ortho intramolecular Hbond substituents is 1. The number of aromatic amines is 1. The minimum atomic E-state index is -1.96. The van der Waals surface area contributed by atoms with Crippen molar-refractivity contribution in [1.82, 2.24) is 63.5 Å². The fraction of sp³-hybridized carbons (Fsp3) is 0.359. The Labute approximate surface area is 553 Å². The van der Waals surface area contributed by atoms with Gasteiger partial charge in [0.25, 0.3) is 0 Å². The van der Waals surface area contributed by atoms with E-state index in [0.717, 1.165) is 6.92 Å². The maximum Gasteiger partial charge on any atom is 0.305 e. The number of carbonyl (C=O) groups excluding carboxylic acids is 13. The summed E-state index contributed by atoms with van der Waals surface area (Å²) in [7, 11) is 0. The van der Waals surface area contributed by atoms with E-state index in [9.17, 15) is 92.3 Å². The number of primary amides is 2. The molecule has 1 fully saturated rings. The monoisotopic (exact) mass is 1340 g/mol. The Morgan fingerprint density at radius 3 is 1.48 bits per heavy atom. The van der Waals surface area contributed by atoms with Crippen LogP contribution in [0.3, 0.4) is 0 Å². The molecule has 20 N–H and O–H groups in total. The predicted molar refractivity (Wildman–Crippen MR) is 341 cm³/mol. The van der Waals surface area contributed by atoms with Gasteiger partial charge in [0.1, 0.15) is 60.1 Å². The number of para-hydroxylation sites is 1. The highest BCUT2D eigenvalue weighted by Crippen LogP contribution is 2.20. The third-order valence-electron chi connectivity index (χ3n) is 15.2. The number of aromatic nitrogens is 1. The van der Waals surface area contributed by atoms with E-state index in [1.54, 1.807) is 91.1 Å². The number of amides is 13. The molecule has 516 valence electrons. The number of aromatic hydroxyl groups is 1. The number of carboxylic acid groups (broad SMARTS) is 2. The van der Waals surface area contributed by atoms with Crippen LogP contribution in [0.25, 0.3) is 10.9 Å². The molecular formula is C64H76N14O19. The Bertz CT molecular complexity index is 3700. The Hall–Kier alpha value is -11.8. The zero-order valence-electron chi connectivity index (χ0n) is 52.3. The van der Waals surface area contributed by atoms with Crippen LogP contribution >= 0.6 is 0 Å². The van der Waals surface area contributed by atoms with Crippen molar-refractivity contribution < 1.29 is 92.3 Å². The second-order valence-corrected chi connectivity index (χ2v) is 22.8. The highest BCUT2D eigenvalue weighted by Gasteiger charge is 2.37. The minimum Gasteiger partial charge on any atom is -0.508 e. The maximum absolute atomic E-state index is 14.6. The molecule has 13 amide bonds. The number of carboxylic acids is 2. The molecule has 1 aliphatic rings. The molecule has 4 aromatic carbocycles. The lowest BCUT2D eigenvalue weighted by atomic mass is 10.0. The van der Waals surface area contributed by atoms with Gasteiger partial charge in [-0.3, -0.25) is 71.9 Å². The number of aliphatic hydroxyl groups is 1. The summed E-state index contributed by atoms with van der Waals surface area (Å²) in [6.45, 7) is -0.763. The molecule has 0 saturated carbocycles.